The Hall–Kier alpha value is -1.65. The fourth-order valence-corrected chi connectivity index (χ4v) is 1.37. The van der Waals surface area contributed by atoms with Crippen molar-refractivity contribution in [1.82, 2.24) is 15.3 Å². The third kappa shape index (κ3) is 5.12. The maximum absolute atomic E-state index is 11.7. The van der Waals surface area contributed by atoms with Crippen LogP contribution in [-0.2, 0) is 0 Å². The molecule has 0 aliphatic rings. The number of carbonyl (C=O) groups excluding carboxylic acids is 1. The van der Waals surface area contributed by atoms with Crippen molar-refractivity contribution >= 4 is 11.9 Å². The number of aromatic nitrogens is 2. The summed E-state index contributed by atoms with van der Waals surface area (Å²) in [5.74, 6) is 1.000. The molecule has 1 heterocycles. The van der Waals surface area contributed by atoms with Gasteiger partial charge in [0.05, 0.1) is 0 Å². The Kier molecular flexibility index (Phi) is 6.11. The zero-order valence-corrected chi connectivity index (χ0v) is 11.4. The molecule has 0 fully saturated rings. The predicted molar refractivity (Wildman–Crippen MR) is 72.6 cm³/mol. The fourth-order valence-electron chi connectivity index (χ4n) is 1.37. The van der Waals surface area contributed by atoms with Crippen molar-refractivity contribution in [2.45, 2.75) is 33.6 Å². The zero-order chi connectivity index (χ0) is 13.4. The molecule has 18 heavy (non-hydrogen) atoms. The molecule has 0 saturated carbocycles. The topological polar surface area (TPSA) is 66.9 Å². The molecule has 5 nitrogen and oxygen atoms in total. The molecule has 1 aromatic heterocycles. The van der Waals surface area contributed by atoms with Gasteiger partial charge in [-0.3, -0.25) is 4.79 Å². The third-order valence-electron chi connectivity index (χ3n) is 2.43. The summed E-state index contributed by atoms with van der Waals surface area (Å²) in [5.41, 5.74) is 0.408. The second kappa shape index (κ2) is 7.63. The number of nitrogens with one attached hydrogen (secondary N) is 2. The van der Waals surface area contributed by atoms with Gasteiger partial charge in [-0.25, -0.2) is 9.97 Å². The molecule has 2 N–H and O–H groups in total. The van der Waals surface area contributed by atoms with Crippen LogP contribution in [0.3, 0.4) is 0 Å². The van der Waals surface area contributed by atoms with E-state index in [1.807, 2.05) is 6.92 Å². The lowest BCUT2D eigenvalue weighted by Crippen LogP contribution is -2.25. The first-order chi connectivity index (χ1) is 8.63. The molecule has 0 bridgehead atoms. The molecule has 1 aromatic rings. The largest absolute Gasteiger partial charge is 0.354 e. The Morgan fingerprint density at radius 3 is 2.83 bits per heavy atom. The van der Waals surface area contributed by atoms with Crippen LogP contribution >= 0.6 is 0 Å². The van der Waals surface area contributed by atoms with Gasteiger partial charge in [0.1, 0.15) is 5.69 Å². The van der Waals surface area contributed by atoms with Crippen molar-refractivity contribution in [3.63, 3.8) is 0 Å². The molecule has 100 valence electrons. The minimum Gasteiger partial charge on any atom is -0.354 e. The summed E-state index contributed by atoms with van der Waals surface area (Å²) in [6.45, 7) is 7.82. The van der Waals surface area contributed by atoms with Crippen LogP contribution in [0, 0.1) is 5.92 Å². The van der Waals surface area contributed by atoms with Crippen molar-refractivity contribution < 1.29 is 4.79 Å². The summed E-state index contributed by atoms with van der Waals surface area (Å²) in [6, 6.07) is 1.62. The first kappa shape index (κ1) is 14.4. The van der Waals surface area contributed by atoms with E-state index in [0.29, 0.717) is 24.1 Å². The van der Waals surface area contributed by atoms with E-state index in [-0.39, 0.29) is 5.91 Å². The van der Waals surface area contributed by atoms with Crippen LogP contribution in [0.15, 0.2) is 12.3 Å². The SMILES string of the molecule is CCCNC(=O)c1ccnc(NCCC(C)C)n1. The predicted octanol–water partition coefficient (Wildman–Crippen LogP) is 2.07. The van der Waals surface area contributed by atoms with Gasteiger partial charge in [-0.1, -0.05) is 20.8 Å². The van der Waals surface area contributed by atoms with E-state index in [1.165, 1.54) is 0 Å². The smallest absolute Gasteiger partial charge is 0.270 e. The summed E-state index contributed by atoms with van der Waals surface area (Å²) < 4.78 is 0. The second-order valence-electron chi connectivity index (χ2n) is 4.63. The molecular weight excluding hydrogens is 228 g/mol. The van der Waals surface area contributed by atoms with Gasteiger partial charge in [0, 0.05) is 19.3 Å². The fraction of sp³-hybridized carbons (Fsp3) is 0.615. The molecule has 0 radical (unpaired) electrons. The van der Waals surface area contributed by atoms with Crippen molar-refractivity contribution in [3.05, 3.63) is 18.0 Å². The highest BCUT2D eigenvalue weighted by molar-refractivity contribution is 5.92. The standard InChI is InChI=1S/C13H22N4O/c1-4-7-14-12(18)11-6-9-16-13(17-11)15-8-5-10(2)3/h6,9-10H,4-5,7-8H2,1-3H3,(H,14,18)(H,15,16,17). The lowest BCUT2D eigenvalue weighted by Gasteiger charge is -2.08. The molecule has 1 amide bonds. The average Bonchev–Trinajstić information content (AvgIpc) is 2.36. The van der Waals surface area contributed by atoms with Crippen LogP contribution in [0.1, 0.15) is 44.1 Å². The third-order valence-corrected chi connectivity index (χ3v) is 2.43. The number of anilines is 1. The van der Waals surface area contributed by atoms with Gasteiger partial charge >= 0.3 is 0 Å². The number of nitrogens with zero attached hydrogens (tertiary/aromatic N) is 2. The van der Waals surface area contributed by atoms with Crippen LogP contribution in [0.2, 0.25) is 0 Å². The Bertz CT molecular complexity index is 379. The molecule has 5 heteroatoms. The highest BCUT2D eigenvalue weighted by atomic mass is 16.1. The first-order valence-corrected chi connectivity index (χ1v) is 6.48. The van der Waals surface area contributed by atoms with Gasteiger partial charge in [-0.15, -0.1) is 0 Å². The molecule has 0 saturated heterocycles. The molecule has 0 aliphatic carbocycles. The van der Waals surface area contributed by atoms with E-state index in [9.17, 15) is 4.79 Å². The Balaban J connectivity index is 2.53. The molecule has 0 spiro atoms. The zero-order valence-electron chi connectivity index (χ0n) is 11.4. The van der Waals surface area contributed by atoms with E-state index < -0.39 is 0 Å². The molecule has 0 atom stereocenters. The highest BCUT2D eigenvalue weighted by Gasteiger charge is 2.07. The van der Waals surface area contributed by atoms with Crippen LogP contribution in [0.25, 0.3) is 0 Å². The summed E-state index contributed by atoms with van der Waals surface area (Å²) >= 11 is 0. The van der Waals surface area contributed by atoms with Crippen LogP contribution in [0.4, 0.5) is 5.95 Å². The molecule has 0 aliphatic heterocycles. The monoisotopic (exact) mass is 250 g/mol. The number of rotatable bonds is 7. The van der Waals surface area contributed by atoms with Crippen LogP contribution in [-0.4, -0.2) is 29.0 Å². The number of carbonyl (C=O) groups is 1. The summed E-state index contributed by atoms with van der Waals surface area (Å²) in [4.78, 5) is 20.0. The molecule has 0 aromatic carbocycles. The Morgan fingerprint density at radius 1 is 1.39 bits per heavy atom. The Labute approximate surface area is 108 Å². The maximum atomic E-state index is 11.7. The van der Waals surface area contributed by atoms with Gasteiger partial charge in [0.25, 0.3) is 5.91 Å². The van der Waals surface area contributed by atoms with Crippen molar-refractivity contribution in [1.29, 1.82) is 0 Å². The van der Waals surface area contributed by atoms with Gasteiger partial charge in [-0.2, -0.15) is 0 Å². The average molecular weight is 250 g/mol. The van der Waals surface area contributed by atoms with Crippen molar-refractivity contribution in [2.75, 3.05) is 18.4 Å². The summed E-state index contributed by atoms with van der Waals surface area (Å²) in [7, 11) is 0. The maximum Gasteiger partial charge on any atom is 0.270 e. The summed E-state index contributed by atoms with van der Waals surface area (Å²) in [5, 5.41) is 5.92. The number of hydrogen-bond donors (Lipinski definition) is 2. The molecular formula is C13H22N4O. The van der Waals surface area contributed by atoms with Crippen LogP contribution < -0.4 is 10.6 Å². The van der Waals surface area contributed by atoms with Gasteiger partial charge in [-0.05, 0) is 24.8 Å². The van der Waals surface area contributed by atoms with E-state index in [0.717, 1.165) is 19.4 Å². The lowest BCUT2D eigenvalue weighted by atomic mass is 10.1. The van der Waals surface area contributed by atoms with E-state index >= 15 is 0 Å². The minimum absolute atomic E-state index is 0.147. The Morgan fingerprint density at radius 2 is 2.17 bits per heavy atom. The first-order valence-electron chi connectivity index (χ1n) is 6.48. The van der Waals surface area contributed by atoms with Gasteiger partial charge in [0.2, 0.25) is 5.95 Å². The van der Waals surface area contributed by atoms with Crippen molar-refractivity contribution in [2.24, 2.45) is 5.92 Å². The van der Waals surface area contributed by atoms with Crippen molar-refractivity contribution in [3.8, 4) is 0 Å². The quantitative estimate of drug-likeness (QED) is 0.777. The van der Waals surface area contributed by atoms with E-state index in [2.05, 4.69) is 34.4 Å². The summed E-state index contributed by atoms with van der Waals surface area (Å²) in [6.07, 6.45) is 3.57. The minimum atomic E-state index is -0.147. The lowest BCUT2D eigenvalue weighted by molar-refractivity contribution is 0.0948. The molecule has 1 rings (SSSR count). The number of amides is 1. The van der Waals surface area contributed by atoms with Gasteiger partial charge < -0.3 is 10.6 Å². The van der Waals surface area contributed by atoms with Crippen LogP contribution in [0.5, 0.6) is 0 Å². The van der Waals surface area contributed by atoms with Gasteiger partial charge in [0.15, 0.2) is 0 Å². The second-order valence-corrected chi connectivity index (χ2v) is 4.63. The molecule has 0 unspecified atom stereocenters. The van der Waals surface area contributed by atoms with E-state index in [1.54, 1.807) is 12.3 Å². The van der Waals surface area contributed by atoms with E-state index in [4.69, 9.17) is 0 Å². The normalized spacial score (nSPS) is 10.4. The highest BCUT2D eigenvalue weighted by Crippen LogP contribution is 2.03. The number of hydrogen-bond acceptors (Lipinski definition) is 4.